The number of benzene rings is 2. The molecule has 1 fully saturated rings. The van der Waals surface area contributed by atoms with E-state index < -0.39 is 21.7 Å². The average Bonchev–Trinajstić information content (AvgIpc) is 2.65. The molecule has 1 heterocycles. The Morgan fingerprint density at radius 3 is 2.36 bits per heavy atom. The number of carbonyl (C=O) groups excluding carboxylic acids is 1. The van der Waals surface area contributed by atoms with Crippen molar-refractivity contribution in [3.63, 3.8) is 0 Å². The second kappa shape index (κ2) is 8.76. The van der Waals surface area contributed by atoms with Crippen LogP contribution in [0.2, 0.25) is 0 Å². The first-order valence-corrected chi connectivity index (χ1v) is 10.5. The lowest BCUT2D eigenvalue weighted by Gasteiger charge is -2.31. The van der Waals surface area contributed by atoms with E-state index in [1.165, 1.54) is 10.4 Å². The Bertz CT molecular complexity index is 931. The second-order valence-corrected chi connectivity index (χ2v) is 8.71. The van der Waals surface area contributed by atoms with Gasteiger partial charge in [-0.15, -0.1) is 0 Å². The summed E-state index contributed by atoms with van der Waals surface area (Å²) >= 11 is 0. The van der Waals surface area contributed by atoms with Crippen LogP contribution in [-0.4, -0.2) is 51.4 Å². The van der Waals surface area contributed by atoms with E-state index in [1.807, 2.05) is 6.07 Å². The van der Waals surface area contributed by atoms with E-state index in [9.17, 15) is 22.0 Å². The van der Waals surface area contributed by atoms with E-state index in [-0.39, 0.29) is 23.9 Å². The summed E-state index contributed by atoms with van der Waals surface area (Å²) in [5, 5.41) is 2.53. The monoisotopic (exact) mass is 410 g/mol. The first-order chi connectivity index (χ1) is 13.3. The highest BCUT2D eigenvalue weighted by Crippen LogP contribution is 2.13. The second-order valence-electron chi connectivity index (χ2n) is 6.74. The number of hydrogen-bond donors (Lipinski definition) is 2. The van der Waals surface area contributed by atoms with Crippen LogP contribution in [0.5, 0.6) is 0 Å². The fraction of sp³-hybridized carbons (Fsp3) is 0.316. The summed E-state index contributed by atoms with van der Waals surface area (Å²) < 4.78 is 52.7. The highest BCUT2D eigenvalue weighted by atomic mass is 32.2. The standard InChI is InChI=1S/C19H21F2N3O3S/c20-17-7-6-16(12-18(17)21)22-19(25)13-23-8-10-24(11-9-23)28(26,27)14-15-4-2-1-3-5-15/h1-7,12H,8-11,13-14H2,(H,22,25)/p+1. The first kappa shape index (κ1) is 20.4. The van der Waals surface area contributed by atoms with E-state index in [1.54, 1.807) is 24.3 Å². The molecule has 2 aromatic carbocycles. The predicted octanol–water partition coefficient (Wildman–Crippen LogP) is 0.634. The van der Waals surface area contributed by atoms with E-state index in [2.05, 4.69) is 5.32 Å². The Labute approximate surface area is 162 Å². The molecule has 150 valence electrons. The molecule has 28 heavy (non-hydrogen) atoms. The Kier molecular flexibility index (Phi) is 6.38. The number of nitrogens with one attached hydrogen (secondary N) is 2. The van der Waals surface area contributed by atoms with Crippen LogP contribution >= 0.6 is 0 Å². The number of quaternary nitrogens is 1. The van der Waals surface area contributed by atoms with Gasteiger partial charge in [0.2, 0.25) is 10.0 Å². The van der Waals surface area contributed by atoms with Crippen LogP contribution in [0.15, 0.2) is 48.5 Å². The van der Waals surface area contributed by atoms with E-state index in [0.29, 0.717) is 26.2 Å². The summed E-state index contributed by atoms with van der Waals surface area (Å²) in [6.45, 7) is 1.80. The zero-order valence-corrected chi connectivity index (χ0v) is 16.0. The minimum Gasteiger partial charge on any atom is -0.325 e. The summed E-state index contributed by atoms with van der Waals surface area (Å²) in [6.07, 6.45) is 0. The summed E-state index contributed by atoms with van der Waals surface area (Å²) in [4.78, 5) is 13.1. The van der Waals surface area contributed by atoms with Gasteiger partial charge in [-0.2, -0.15) is 4.31 Å². The van der Waals surface area contributed by atoms with Gasteiger partial charge in [-0.1, -0.05) is 30.3 Å². The number of nitrogens with zero attached hydrogens (tertiary/aromatic N) is 1. The number of carbonyl (C=O) groups is 1. The van der Waals surface area contributed by atoms with Gasteiger partial charge < -0.3 is 10.2 Å². The van der Waals surface area contributed by atoms with Gasteiger partial charge in [-0.05, 0) is 17.7 Å². The smallest absolute Gasteiger partial charge is 0.279 e. The first-order valence-electron chi connectivity index (χ1n) is 8.94. The Morgan fingerprint density at radius 1 is 1.04 bits per heavy atom. The molecular weight excluding hydrogens is 388 g/mol. The van der Waals surface area contributed by atoms with Crippen LogP contribution in [0.4, 0.5) is 14.5 Å². The number of hydrogen-bond acceptors (Lipinski definition) is 3. The van der Waals surface area contributed by atoms with Gasteiger partial charge in [0.1, 0.15) is 0 Å². The van der Waals surface area contributed by atoms with Gasteiger partial charge in [0.25, 0.3) is 5.91 Å². The van der Waals surface area contributed by atoms with E-state index in [0.717, 1.165) is 22.6 Å². The van der Waals surface area contributed by atoms with Crippen molar-refractivity contribution < 1.29 is 26.9 Å². The third-order valence-electron chi connectivity index (χ3n) is 4.63. The Hall–Kier alpha value is -2.36. The molecule has 0 unspecified atom stereocenters. The van der Waals surface area contributed by atoms with Crippen LogP contribution in [0.3, 0.4) is 0 Å². The summed E-state index contributed by atoms with van der Waals surface area (Å²) in [5.41, 5.74) is 0.926. The topological polar surface area (TPSA) is 70.9 Å². The van der Waals surface area contributed by atoms with Crippen molar-refractivity contribution in [2.75, 3.05) is 38.0 Å². The maximum atomic E-state index is 13.2. The van der Waals surface area contributed by atoms with Crippen molar-refractivity contribution in [1.29, 1.82) is 0 Å². The molecule has 1 saturated heterocycles. The predicted molar refractivity (Wildman–Crippen MR) is 101 cm³/mol. The van der Waals surface area contributed by atoms with Crippen LogP contribution in [-0.2, 0) is 20.6 Å². The number of amides is 1. The molecule has 2 aromatic rings. The van der Waals surface area contributed by atoms with Gasteiger partial charge >= 0.3 is 0 Å². The molecule has 9 heteroatoms. The third kappa shape index (κ3) is 5.34. The fourth-order valence-electron chi connectivity index (χ4n) is 3.14. The molecule has 1 aliphatic heterocycles. The van der Waals surface area contributed by atoms with Gasteiger partial charge in [0.15, 0.2) is 18.2 Å². The zero-order valence-electron chi connectivity index (χ0n) is 15.2. The van der Waals surface area contributed by atoms with E-state index >= 15 is 0 Å². The summed E-state index contributed by atoms with van der Waals surface area (Å²) in [6, 6.07) is 12.2. The number of rotatable bonds is 6. The van der Waals surface area contributed by atoms with Crippen LogP contribution in [0, 0.1) is 11.6 Å². The molecule has 1 amide bonds. The third-order valence-corrected chi connectivity index (χ3v) is 6.48. The Balaban J connectivity index is 1.49. The van der Waals surface area contributed by atoms with Crippen molar-refractivity contribution in [1.82, 2.24) is 4.31 Å². The molecule has 0 bridgehead atoms. The minimum atomic E-state index is -3.40. The fourth-order valence-corrected chi connectivity index (χ4v) is 4.67. The lowest BCUT2D eigenvalue weighted by molar-refractivity contribution is -0.895. The van der Waals surface area contributed by atoms with Crippen LogP contribution in [0.25, 0.3) is 0 Å². The maximum Gasteiger partial charge on any atom is 0.279 e. The van der Waals surface area contributed by atoms with E-state index in [4.69, 9.17) is 0 Å². The molecule has 0 radical (unpaired) electrons. The van der Waals surface area contributed by atoms with Crippen molar-refractivity contribution in [3.05, 3.63) is 65.7 Å². The number of halogens is 2. The largest absolute Gasteiger partial charge is 0.325 e. The van der Waals surface area contributed by atoms with Crippen molar-refractivity contribution >= 4 is 21.6 Å². The molecule has 0 atom stereocenters. The highest BCUT2D eigenvalue weighted by molar-refractivity contribution is 7.88. The van der Waals surface area contributed by atoms with Crippen molar-refractivity contribution in [2.24, 2.45) is 0 Å². The van der Waals surface area contributed by atoms with Gasteiger partial charge in [-0.3, -0.25) is 4.79 Å². The molecule has 0 spiro atoms. The quantitative estimate of drug-likeness (QED) is 0.734. The lowest BCUT2D eigenvalue weighted by atomic mass is 10.2. The molecule has 0 aromatic heterocycles. The van der Waals surface area contributed by atoms with Crippen LogP contribution < -0.4 is 10.2 Å². The Morgan fingerprint density at radius 2 is 1.71 bits per heavy atom. The van der Waals surface area contributed by atoms with Gasteiger partial charge in [-0.25, -0.2) is 17.2 Å². The zero-order chi connectivity index (χ0) is 20.1. The molecule has 1 aliphatic rings. The average molecular weight is 410 g/mol. The molecule has 0 aliphatic carbocycles. The molecule has 0 saturated carbocycles. The molecule has 2 N–H and O–H groups in total. The van der Waals surface area contributed by atoms with Crippen LogP contribution in [0.1, 0.15) is 5.56 Å². The number of sulfonamides is 1. The number of anilines is 1. The maximum absolute atomic E-state index is 13.2. The molecule has 3 rings (SSSR count). The molecular formula is C19H22F2N3O3S+. The highest BCUT2D eigenvalue weighted by Gasteiger charge is 2.30. The van der Waals surface area contributed by atoms with Crippen molar-refractivity contribution in [2.45, 2.75) is 5.75 Å². The minimum absolute atomic E-state index is 0.0419. The molecule has 6 nitrogen and oxygen atoms in total. The lowest BCUT2D eigenvalue weighted by Crippen LogP contribution is -3.15. The van der Waals surface area contributed by atoms with Gasteiger partial charge in [0, 0.05) is 11.8 Å². The number of piperazine rings is 1. The summed E-state index contributed by atoms with van der Waals surface area (Å²) in [7, 11) is -3.40. The van der Waals surface area contributed by atoms with Crippen molar-refractivity contribution in [3.8, 4) is 0 Å². The normalized spacial score (nSPS) is 16.1. The van der Waals surface area contributed by atoms with Gasteiger partial charge in [0.05, 0.1) is 31.9 Å². The summed E-state index contributed by atoms with van der Waals surface area (Å²) in [5.74, 6) is -2.37. The SMILES string of the molecule is O=C(C[NH+]1CCN(S(=O)(=O)Cc2ccccc2)CC1)Nc1ccc(F)c(F)c1.